The summed E-state index contributed by atoms with van der Waals surface area (Å²) in [6, 6.07) is 0. The summed E-state index contributed by atoms with van der Waals surface area (Å²) in [6.45, 7) is -2.09. The van der Waals surface area contributed by atoms with Crippen LogP contribution in [0.15, 0.2) is 0 Å². The van der Waals surface area contributed by atoms with Gasteiger partial charge in [-0.2, -0.15) is 17.6 Å². The van der Waals surface area contributed by atoms with Gasteiger partial charge in [-0.15, -0.1) is 0 Å². The molecule has 0 saturated carbocycles. The van der Waals surface area contributed by atoms with Crippen molar-refractivity contribution in [1.29, 1.82) is 0 Å². The minimum absolute atomic E-state index is 2.09. The summed E-state index contributed by atoms with van der Waals surface area (Å²) < 4.78 is 98.4. The summed E-state index contributed by atoms with van der Waals surface area (Å²) >= 11 is 0. The van der Waals surface area contributed by atoms with Gasteiger partial charge in [-0.1, -0.05) is 0 Å². The van der Waals surface area contributed by atoms with E-state index < -0.39 is 31.9 Å². The molecule has 0 aliphatic carbocycles. The van der Waals surface area contributed by atoms with E-state index in [0.29, 0.717) is 0 Å². The van der Waals surface area contributed by atoms with Gasteiger partial charge in [0, 0.05) is 0 Å². The van der Waals surface area contributed by atoms with Crippen molar-refractivity contribution in [2.24, 2.45) is 0 Å². The predicted molar refractivity (Wildman–Crippen MR) is 28.9 cm³/mol. The van der Waals surface area contributed by atoms with Crippen LogP contribution in [-0.4, -0.2) is 31.9 Å². The Morgan fingerprint density at radius 2 is 1.00 bits per heavy atom. The highest BCUT2D eigenvalue weighted by Crippen LogP contribution is 2.27. The molecule has 0 spiro atoms. The fourth-order valence-electron chi connectivity index (χ4n) is 0.313. The van der Waals surface area contributed by atoms with E-state index in [2.05, 4.69) is 9.47 Å². The standard InChI is InChI=1S/C5H4F8O2/c6-2(7)4(10,11)14-1-15-5(12,13)3(8)9/h2-3H,1H2. The van der Waals surface area contributed by atoms with Gasteiger partial charge in [0.2, 0.25) is 0 Å². The molecule has 0 saturated heterocycles. The number of hydrogen-bond acceptors (Lipinski definition) is 2. The second-order valence-corrected chi connectivity index (χ2v) is 2.13. The molecule has 0 N–H and O–H groups in total. The van der Waals surface area contributed by atoms with E-state index in [4.69, 9.17) is 0 Å². The number of hydrogen-bond donors (Lipinski definition) is 0. The summed E-state index contributed by atoms with van der Waals surface area (Å²) in [4.78, 5) is 0. The van der Waals surface area contributed by atoms with Crippen molar-refractivity contribution in [3.8, 4) is 0 Å². The quantitative estimate of drug-likeness (QED) is 0.531. The van der Waals surface area contributed by atoms with Gasteiger partial charge < -0.3 is 0 Å². The van der Waals surface area contributed by atoms with Crippen LogP contribution in [-0.2, 0) is 9.47 Å². The molecule has 0 aromatic rings. The van der Waals surface area contributed by atoms with Crippen LogP contribution in [0.2, 0.25) is 0 Å². The maximum atomic E-state index is 11.8. The summed E-state index contributed by atoms with van der Waals surface area (Å²) in [7, 11) is 0. The average Bonchev–Trinajstić information content (AvgIpc) is 2.02. The summed E-state index contributed by atoms with van der Waals surface area (Å²) in [5.41, 5.74) is 0. The van der Waals surface area contributed by atoms with Crippen molar-refractivity contribution >= 4 is 0 Å². The maximum absolute atomic E-state index is 11.8. The molecule has 0 unspecified atom stereocenters. The molecular weight excluding hydrogens is 244 g/mol. The van der Waals surface area contributed by atoms with Gasteiger partial charge in [0.25, 0.3) is 0 Å². The molecule has 0 aliphatic heterocycles. The monoisotopic (exact) mass is 248 g/mol. The molecule has 15 heavy (non-hydrogen) atoms. The van der Waals surface area contributed by atoms with E-state index in [1.165, 1.54) is 0 Å². The van der Waals surface area contributed by atoms with Crippen LogP contribution in [0.25, 0.3) is 0 Å². The lowest BCUT2D eigenvalue weighted by atomic mass is 10.6. The Morgan fingerprint density at radius 3 is 1.20 bits per heavy atom. The third kappa shape index (κ3) is 4.60. The first-order chi connectivity index (χ1) is 6.59. The van der Waals surface area contributed by atoms with Crippen LogP contribution in [0.3, 0.4) is 0 Å². The van der Waals surface area contributed by atoms with E-state index in [-0.39, 0.29) is 0 Å². The lowest BCUT2D eigenvalue weighted by Gasteiger charge is -2.19. The van der Waals surface area contributed by atoms with Crippen LogP contribution in [0.1, 0.15) is 0 Å². The Kier molecular flexibility index (Phi) is 4.71. The first-order valence-corrected chi connectivity index (χ1v) is 3.19. The molecule has 0 amide bonds. The molecule has 0 bridgehead atoms. The van der Waals surface area contributed by atoms with E-state index >= 15 is 0 Å². The van der Waals surface area contributed by atoms with Gasteiger partial charge in [-0.05, 0) is 0 Å². The minimum atomic E-state index is -5.03. The van der Waals surface area contributed by atoms with Crippen LogP contribution in [0.5, 0.6) is 0 Å². The summed E-state index contributed by atoms with van der Waals surface area (Å²) in [5.74, 6) is 0. The Bertz CT molecular complexity index is 173. The minimum Gasteiger partial charge on any atom is -0.289 e. The van der Waals surface area contributed by atoms with E-state index in [1.54, 1.807) is 0 Å². The first-order valence-electron chi connectivity index (χ1n) is 3.19. The zero-order chi connectivity index (χ0) is 12.3. The van der Waals surface area contributed by atoms with Gasteiger partial charge in [0.05, 0.1) is 0 Å². The zero-order valence-electron chi connectivity index (χ0n) is 6.70. The van der Waals surface area contributed by atoms with Gasteiger partial charge in [-0.25, -0.2) is 17.6 Å². The van der Waals surface area contributed by atoms with Crippen molar-refractivity contribution in [3.05, 3.63) is 0 Å². The normalized spacial score (nSPS) is 14.0. The number of ether oxygens (including phenoxy) is 2. The Labute approximate surface area is 77.8 Å². The van der Waals surface area contributed by atoms with Crippen molar-refractivity contribution in [3.63, 3.8) is 0 Å². The molecule has 10 heteroatoms. The van der Waals surface area contributed by atoms with Gasteiger partial charge in [0.15, 0.2) is 6.79 Å². The molecule has 0 heterocycles. The molecule has 0 aliphatic rings. The molecule has 0 rings (SSSR count). The van der Waals surface area contributed by atoms with Gasteiger partial charge in [0.1, 0.15) is 0 Å². The lowest BCUT2D eigenvalue weighted by Crippen LogP contribution is -2.36. The molecule has 2 nitrogen and oxygen atoms in total. The predicted octanol–water partition coefficient (Wildman–Crippen LogP) is 2.69. The van der Waals surface area contributed by atoms with E-state index in [9.17, 15) is 35.1 Å². The van der Waals surface area contributed by atoms with Crippen molar-refractivity contribution in [2.75, 3.05) is 6.79 Å². The Balaban J connectivity index is 4.00. The second kappa shape index (κ2) is 4.92. The van der Waals surface area contributed by atoms with Crippen LogP contribution in [0, 0.1) is 0 Å². The summed E-state index contributed by atoms with van der Waals surface area (Å²) in [5, 5.41) is 0. The molecule has 0 aromatic carbocycles. The third-order valence-corrected chi connectivity index (χ3v) is 1.01. The van der Waals surface area contributed by atoms with Gasteiger partial charge in [-0.3, -0.25) is 9.47 Å². The van der Waals surface area contributed by atoms with Crippen LogP contribution >= 0.6 is 0 Å². The largest absolute Gasteiger partial charge is 0.418 e. The lowest BCUT2D eigenvalue weighted by molar-refractivity contribution is -0.381. The summed E-state index contributed by atoms with van der Waals surface area (Å²) in [6.07, 6.45) is -18.6. The zero-order valence-corrected chi connectivity index (χ0v) is 6.70. The van der Waals surface area contributed by atoms with Crippen LogP contribution < -0.4 is 0 Å². The van der Waals surface area contributed by atoms with Crippen molar-refractivity contribution in [2.45, 2.75) is 25.1 Å². The fourth-order valence-corrected chi connectivity index (χ4v) is 0.313. The molecule has 0 fully saturated rings. The Hall–Kier alpha value is -0.640. The smallest absolute Gasteiger partial charge is 0.289 e. The molecule has 0 radical (unpaired) electrons. The highest BCUT2D eigenvalue weighted by Gasteiger charge is 2.46. The van der Waals surface area contributed by atoms with E-state index in [1.807, 2.05) is 0 Å². The van der Waals surface area contributed by atoms with Gasteiger partial charge >= 0.3 is 25.1 Å². The Morgan fingerprint density at radius 1 is 0.733 bits per heavy atom. The highest BCUT2D eigenvalue weighted by molar-refractivity contribution is 4.56. The second-order valence-electron chi connectivity index (χ2n) is 2.13. The number of halogens is 8. The molecule has 0 atom stereocenters. The molecule has 92 valence electrons. The van der Waals surface area contributed by atoms with Crippen molar-refractivity contribution in [1.82, 2.24) is 0 Å². The van der Waals surface area contributed by atoms with Crippen molar-refractivity contribution < 1.29 is 44.6 Å². The molecule has 0 aromatic heterocycles. The van der Waals surface area contributed by atoms with Crippen LogP contribution in [0.4, 0.5) is 35.1 Å². The third-order valence-electron chi connectivity index (χ3n) is 1.01. The molecular formula is C5H4F8O2. The average molecular weight is 248 g/mol. The number of rotatable bonds is 6. The maximum Gasteiger partial charge on any atom is 0.418 e. The fraction of sp³-hybridized carbons (Fsp3) is 1.00. The van der Waals surface area contributed by atoms with E-state index in [0.717, 1.165) is 0 Å². The number of alkyl halides is 8. The SMILES string of the molecule is FC(F)C(F)(F)OCOC(F)(F)C(F)F. The topological polar surface area (TPSA) is 18.5 Å². The first kappa shape index (κ1) is 14.4. The highest BCUT2D eigenvalue weighted by atomic mass is 19.3.